The molecule has 0 unspecified atom stereocenters. The van der Waals surface area contributed by atoms with Gasteiger partial charge in [-0.1, -0.05) is 11.2 Å². The minimum Gasteiger partial charge on any atom is -0.339 e. The van der Waals surface area contributed by atoms with Crippen molar-refractivity contribution < 1.29 is 4.52 Å². The smallest absolute Gasteiger partial charge is 0.230 e. The van der Waals surface area contributed by atoms with Crippen molar-refractivity contribution >= 4 is 11.6 Å². The number of hydrogen-bond acceptors (Lipinski definition) is 3. The minimum atomic E-state index is 0.292. The van der Waals surface area contributed by atoms with Gasteiger partial charge in [-0.3, -0.25) is 0 Å². The Balaban J connectivity index is 2.67. The Morgan fingerprint density at radius 2 is 2.50 bits per heavy atom. The van der Waals surface area contributed by atoms with Gasteiger partial charge in [-0.25, -0.2) is 0 Å². The Kier molecular flexibility index (Phi) is 2.45. The summed E-state index contributed by atoms with van der Waals surface area (Å²) in [6.07, 6.45) is 2.30. The Bertz CT molecular complexity index is 221. The van der Waals surface area contributed by atoms with Gasteiger partial charge in [-0.15, -0.1) is 18.2 Å². The van der Waals surface area contributed by atoms with Crippen LogP contribution in [0.3, 0.4) is 0 Å². The first-order chi connectivity index (χ1) is 4.86. The van der Waals surface area contributed by atoms with Crippen LogP contribution in [-0.2, 0) is 12.3 Å². The maximum atomic E-state index is 5.43. The van der Waals surface area contributed by atoms with E-state index in [1.54, 1.807) is 6.08 Å². The zero-order valence-electron chi connectivity index (χ0n) is 5.38. The molecule has 0 aliphatic heterocycles. The van der Waals surface area contributed by atoms with Gasteiger partial charge in [0.1, 0.15) is 0 Å². The van der Waals surface area contributed by atoms with E-state index in [-0.39, 0.29) is 0 Å². The number of allylic oxidation sites excluding steroid dienone is 1. The van der Waals surface area contributed by atoms with Crippen LogP contribution in [0.2, 0.25) is 0 Å². The Morgan fingerprint density at radius 1 is 1.70 bits per heavy atom. The van der Waals surface area contributed by atoms with Gasteiger partial charge in [0.05, 0.1) is 5.88 Å². The highest BCUT2D eigenvalue weighted by molar-refractivity contribution is 6.16. The summed E-state index contributed by atoms with van der Waals surface area (Å²) in [5.41, 5.74) is 0. The molecule has 0 N–H and O–H groups in total. The van der Waals surface area contributed by atoms with Crippen molar-refractivity contribution in [2.45, 2.75) is 12.3 Å². The normalized spacial score (nSPS) is 9.70. The lowest BCUT2D eigenvalue weighted by molar-refractivity contribution is 0.382. The number of hydrogen-bond donors (Lipinski definition) is 0. The van der Waals surface area contributed by atoms with Crippen molar-refractivity contribution in [3.63, 3.8) is 0 Å². The third-order valence-electron chi connectivity index (χ3n) is 0.949. The van der Waals surface area contributed by atoms with E-state index < -0.39 is 0 Å². The lowest BCUT2D eigenvalue weighted by Crippen LogP contribution is -1.81. The van der Waals surface area contributed by atoms with Crippen molar-refractivity contribution in [1.82, 2.24) is 10.1 Å². The first-order valence-corrected chi connectivity index (χ1v) is 3.38. The third-order valence-corrected chi connectivity index (χ3v) is 1.19. The van der Waals surface area contributed by atoms with Gasteiger partial charge in [0.25, 0.3) is 0 Å². The Morgan fingerprint density at radius 3 is 3.00 bits per heavy atom. The highest BCUT2D eigenvalue weighted by Gasteiger charge is 2.01. The largest absolute Gasteiger partial charge is 0.339 e. The molecule has 1 aromatic rings. The standard InChI is InChI=1S/C6H7ClN2O/c1-2-3-6-8-5(4-7)9-10-6/h2H,1,3-4H2. The van der Waals surface area contributed by atoms with Gasteiger partial charge in [-0.05, 0) is 0 Å². The number of rotatable bonds is 3. The van der Waals surface area contributed by atoms with Crippen molar-refractivity contribution in [2.75, 3.05) is 0 Å². The predicted molar refractivity (Wildman–Crippen MR) is 37.8 cm³/mol. The van der Waals surface area contributed by atoms with E-state index in [4.69, 9.17) is 16.1 Å². The average molecular weight is 159 g/mol. The second kappa shape index (κ2) is 3.37. The summed E-state index contributed by atoms with van der Waals surface area (Å²) in [6, 6.07) is 0. The number of halogens is 1. The van der Waals surface area contributed by atoms with E-state index in [9.17, 15) is 0 Å². The maximum Gasteiger partial charge on any atom is 0.230 e. The summed E-state index contributed by atoms with van der Waals surface area (Å²) in [5, 5.41) is 3.59. The zero-order valence-corrected chi connectivity index (χ0v) is 6.14. The summed E-state index contributed by atoms with van der Waals surface area (Å²) in [4.78, 5) is 3.94. The molecule has 0 saturated carbocycles. The fraction of sp³-hybridized carbons (Fsp3) is 0.333. The molecular formula is C6H7ClN2O. The third kappa shape index (κ3) is 1.57. The first kappa shape index (κ1) is 7.28. The fourth-order valence-corrected chi connectivity index (χ4v) is 0.659. The van der Waals surface area contributed by atoms with Crippen molar-refractivity contribution in [3.05, 3.63) is 24.4 Å². The molecule has 0 saturated heterocycles. The SMILES string of the molecule is C=CCc1nc(CCl)no1. The van der Waals surface area contributed by atoms with Crippen LogP contribution in [0.4, 0.5) is 0 Å². The molecule has 0 radical (unpaired) electrons. The fourth-order valence-electron chi connectivity index (χ4n) is 0.551. The van der Waals surface area contributed by atoms with Gasteiger partial charge in [0.15, 0.2) is 5.82 Å². The van der Waals surface area contributed by atoms with Gasteiger partial charge in [0.2, 0.25) is 5.89 Å². The second-order valence-electron chi connectivity index (χ2n) is 1.73. The Hall–Kier alpha value is -0.830. The average Bonchev–Trinajstić information content (AvgIpc) is 2.37. The second-order valence-corrected chi connectivity index (χ2v) is 2.00. The van der Waals surface area contributed by atoms with Crippen molar-refractivity contribution in [1.29, 1.82) is 0 Å². The molecule has 0 bridgehead atoms. The summed E-state index contributed by atoms with van der Waals surface area (Å²) in [5.74, 6) is 1.38. The molecule has 0 aromatic carbocycles. The van der Waals surface area contributed by atoms with Crippen molar-refractivity contribution in [3.8, 4) is 0 Å². The van der Waals surface area contributed by atoms with Crippen LogP contribution in [-0.4, -0.2) is 10.1 Å². The van der Waals surface area contributed by atoms with Gasteiger partial charge >= 0.3 is 0 Å². The number of aromatic nitrogens is 2. The lowest BCUT2D eigenvalue weighted by Gasteiger charge is -1.78. The van der Waals surface area contributed by atoms with Crippen LogP contribution in [0, 0.1) is 0 Å². The first-order valence-electron chi connectivity index (χ1n) is 2.85. The van der Waals surface area contributed by atoms with Crippen LogP contribution in [0.5, 0.6) is 0 Å². The molecule has 4 heteroatoms. The summed E-state index contributed by atoms with van der Waals surface area (Å²) < 4.78 is 4.78. The van der Waals surface area contributed by atoms with Crippen LogP contribution in [0.1, 0.15) is 11.7 Å². The monoisotopic (exact) mass is 158 g/mol. The highest BCUT2D eigenvalue weighted by Crippen LogP contribution is 2.00. The molecular weight excluding hydrogens is 152 g/mol. The minimum absolute atomic E-state index is 0.292. The molecule has 0 aliphatic rings. The van der Waals surface area contributed by atoms with E-state index in [0.29, 0.717) is 24.0 Å². The molecule has 54 valence electrons. The lowest BCUT2D eigenvalue weighted by atomic mass is 10.4. The molecule has 0 spiro atoms. The van der Waals surface area contributed by atoms with Gasteiger partial charge in [-0.2, -0.15) is 4.98 Å². The molecule has 0 fully saturated rings. The van der Waals surface area contributed by atoms with Gasteiger partial charge < -0.3 is 4.52 Å². The van der Waals surface area contributed by atoms with E-state index in [2.05, 4.69) is 16.7 Å². The topological polar surface area (TPSA) is 38.9 Å². The number of nitrogens with zero attached hydrogens (tertiary/aromatic N) is 2. The van der Waals surface area contributed by atoms with Crippen LogP contribution in [0.15, 0.2) is 17.2 Å². The molecule has 0 atom stereocenters. The van der Waals surface area contributed by atoms with E-state index in [1.165, 1.54) is 0 Å². The molecule has 1 rings (SSSR count). The summed E-state index contributed by atoms with van der Waals surface area (Å²) >= 11 is 5.43. The summed E-state index contributed by atoms with van der Waals surface area (Å²) in [6.45, 7) is 3.53. The quantitative estimate of drug-likeness (QED) is 0.495. The molecule has 10 heavy (non-hydrogen) atoms. The van der Waals surface area contributed by atoms with Crippen LogP contribution < -0.4 is 0 Å². The van der Waals surface area contributed by atoms with Crippen LogP contribution >= 0.6 is 11.6 Å². The van der Waals surface area contributed by atoms with Crippen LogP contribution in [0.25, 0.3) is 0 Å². The molecule has 3 nitrogen and oxygen atoms in total. The Labute approximate surface area is 63.7 Å². The highest BCUT2D eigenvalue weighted by atomic mass is 35.5. The van der Waals surface area contributed by atoms with E-state index in [0.717, 1.165) is 0 Å². The van der Waals surface area contributed by atoms with Crippen molar-refractivity contribution in [2.24, 2.45) is 0 Å². The van der Waals surface area contributed by atoms with E-state index in [1.807, 2.05) is 0 Å². The van der Waals surface area contributed by atoms with Gasteiger partial charge in [0, 0.05) is 6.42 Å². The molecule has 0 aliphatic carbocycles. The number of alkyl halides is 1. The predicted octanol–water partition coefficient (Wildman–Crippen LogP) is 1.54. The summed E-state index contributed by atoms with van der Waals surface area (Å²) in [7, 11) is 0. The molecule has 1 aromatic heterocycles. The zero-order chi connectivity index (χ0) is 7.40. The van der Waals surface area contributed by atoms with E-state index >= 15 is 0 Å². The molecule has 0 amide bonds. The maximum absolute atomic E-state index is 5.43. The molecule has 1 heterocycles.